The number of hydrogen-bond acceptors (Lipinski definition) is 1. The molecule has 2 heteroatoms. The Balaban J connectivity index is 1.01. The lowest BCUT2D eigenvalue weighted by Crippen LogP contribution is -1.93. The van der Waals surface area contributed by atoms with Gasteiger partial charge in [-0.15, -0.1) is 0 Å². The molecule has 0 unspecified atom stereocenters. The largest absolute Gasteiger partial charge is 0.456 e. The fourth-order valence-corrected chi connectivity index (χ4v) is 6.72. The summed E-state index contributed by atoms with van der Waals surface area (Å²) in [6, 6.07) is 58.5. The van der Waals surface area contributed by atoms with Gasteiger partial charge in [-0.1, -0.05) is 127 Å². The summed E-state index contributed by atoms with van der Waals surface area (Å²) < 4.78 is 8.47. The van der Waals surface area contributed by atoms with Crippen molar-refractivity contribution in [2.75, 3.05) is 0 Å². The molecule has 2 nitrogen and oxygen atoms in total. The van der Waals surface area contributed by atoms with E-state index in [1.807, 2.05) is 18.2 Å². The Morgan fingerprint density at radius 2 is 0.795 bits per heavy atom. The molecule has 0 aliphatic rings. The second-order valence-corrected chi connectivity index (χ2v) is 11.3. The number of nitrogens with zero attached hydrogens (tertiary/aromatic N) is 1. The van der Waals surface area contributed by atoms with Gasteiger partial charge in [-0.05, 0) is 69.8 Å². The van der Waals surface area contributed by atoms with Crippen molar-refractivity contribution in [3.8, 4) is 39.1 Å². The lowest BCUT2D eigenvalue weighted by atomic mass is 9.96. The van der Waals surface area contributed by atoms with E-state index in [0.717, 1.165) is 16.6 Å². The first kappa shape index (κ1) is 24.7. The molecule has 0 aliphatic heterocycles. The highest BCUT2D eigenvalue weighted by atomic mass is 16.3. The van der Waals surface area contributed by atoms with E-state index in [-0.39, 0.29) is 0 Å². The minimum absolute atomic E-state index is 0.923. The quantitative estimate of drug-likeness (QED) is 0.209. The number of furan rings is 1. The molecule has 0 atom stereocenters. The van der Waals surface area contributed by atoms with Gasteiger partial charge < -0.3 is 8.98 Å². The van der Waals surface area contributed by atoms with Crippen LogP contribution in [-0.4, -0.2) is 4.57 Å². The van der Waals surface area contributed by atoms with Crippen molar-refractivity contribution in [2.45, 2.75) is 0 Å². The Hall–Kier alpha value is -5.86. The van der Waals surface area contributed by atoms with E-state index in [1.54, 1.807) is 0 Å². The zero-order valence-corrected chi connectivity index (χ0v) is 23.9. The predicted octanol–water partition coefficient (Wildman–Crippen LogP) is 11.7. The standard InChI is InChI=1S/C42H27NO/c1-4-12-38-35(8-1)36-9-2-5-13-39(36)43(38)33-26-24-31(25-27-33)29-18-16-28(17-19-29)30-20-22-32(23-21-30)34-11-7-15-41-42(34)37-10-3-6-14-40(37)44-41/h1-27H. The lowest BCUT2D eigenvalue weighted by molar-refractivity contribution is 0.669. The third kappa shape index (κ3) is 3.89. The van der Waals surface area contributed by atoms with E-state index in [0.29, 0.717) is 0 Å². The maximum absolute atomic E-state index is 6.11. The molecule has 0 saturated carbocycles. The van der Waals surface area contributed by atoms with Gasteiger partial charge in [-0.3, -0.25) is 0 Å². The van der Waals surface area contributed by atoms with Crippen LogP contribution in [0.2, 0.25) is 0 Å². The number of benzene rings is 7. The van der Waals surface area contributed by atoms with Crippen LogP contribution < -0.4 is 0 Å². The van der Waals surface area contributed by atoms with E-state index < -0.39 is 0 Å². The van der Waals surface area contributed by atoms with Crippen LogP contribution in [0.1, 0.15) is 0 Å². The maximum atomic E-state index is 6.11. The first-order valence-electron chi connectivity index (χ1n) is 15.0. The Morgan fingerprint density at radius 3 is 1.39 bits per heavy atom. The summed E-state index contributed by atoms with van der Waals surface area (Å²) >= 11 is 0. The first-order valence-corrected chi connectivity index (χ1v) is 15.0. The van der Waals surface area contributed by atoms with E-state index in [4.69, 9.17) is 4.42 Å². The minimum Gasteiger partial charge on any atom is -0.456 e. The third-order valence-corrected chi connectivity index (χ3v) is 8.86. The monoisotopic (exact) mass is 561 g/mol. The molecule has 206 valence electrons. The maximum Gasteiger partial charge on any atom is 0.136 e. The molecule has 0 spiro atoms. The molecule has 0 amide bonds. The highest BCUT2D eigenvalue weighted by molar-refractivity contribution is 6.12. The van der Waals surface area contributed by atoms with Crippen LogP contribution in [0.15, 0.2) is 168 Å². The van der Waals surface area contributed by atoms with Crippen LogP contribution in [0.3, 0.4) is 0 Å². The molecular formula is C42H27NO. The summed E-state index contributed by atoms with van der Waals surface area (Å²) in [5, 5.41) is 4.89. The van der Waals surface area contributed by atoms with Crippen LogP contribution in [0.5, 0.6) is 0 Å². The molecule has 2 heterocycles. The van der Waals surface area contributed by atoms with Crippen LogP contribution in [0.4, 0.5) is 0 Å². The average molecular weight is 562 g/mol. The summed E-state index contributed by atoms with van der Waals surface area (Å²) in [4.78, 5) is 0. The molecule has 44 heavy (non-hydrogen) atoms. The molecule has 0 saturated heterocycles. The molecular weight excluding hydrogens is 534 g/mol. The van der Waals surface area contributed by atoms with Gasteiger partial charge in [0.1, 0.15) is 11.2 Å². The van der Waals surface area contributed by atoms with E-state index in [1.165, 1.54) is 66.3 Å². The number of para-hydroxylation sites is 3. The topological polar surface area (TPSA) is 18.1 Å². The number of aromatic nitrogens is 1. The molecule has 0 aliphatic carbocycles. The van der Waals surface area contributed by atoms with Crippen molar-refractivity contribution < 1.29 is 4.42 Å². The number of fused-ring (bicyclic) bond motifs is 6. The van der Waals surface area contributed by atoms with Crippen LogP contribution in [-0.2, 0) is 0 Å². The summed E-state index contributed by atoms with van der Waals surface area (Å²) in [5.41, 5.74) is 12.7. The molecule has 0 radical (unpaired) electrons. The van der Waals surface area contributed by atoms with Gasteiger partial charge in [-0.25, -0.2) is 0 Å². The van der Waals surface area contributed by atoms with Crippen molar-refractivity contribution in [1.29, 1.82) is 0 Å². The minimum atomic E-state index is 0.923. The molecule has 9 rings (SSSR count). The SMILES string of the molecule is c1ccc2c(c1)oc1cccc(-c3ccc(-c4ccc(-c5ccc(-n6c7ccccc7c7ccccc76)cc5)cc4)cc3)c12. The summed E-state index contributed by atoms with van der Waals surface area (Å²) in [7, 11) is 0. The van der Waals surface area contributed by atoms with Crippen molar-refractivity contribution >= 4 is 43.7 Å². The van der Waals surface area contributed by atoms with Gasteiger partial charge in [0.2, 0.25) is 0 Å². The van der Waals surface area contributed by atoms with Crippen molar-refractivity contribution in [1.82, 2.24) is 4.57 Å². The molecule has 0 bridgehead atoms. The van der Waals surface area contributed by atoms with Gasteiger partial charge >= 0.3 is 0 Å². The van der Waals surface area contributed by atoms with Crippen LogP contribution >= 0.6 is 0 Å². The fourth-order valence-electron chi connectivity index (χ4n) is 6.72. The lowest BCUT2D eigenvalue weighted by Gasteiger charge is -2.10. The zero-order valence-electron chi connectivity index (χ0n) is 23.9. The predicted molar refractivity (Wildman–Crippen MR) is 184 cm³/mol. The normalized spacial score (nSPS) is 11.6. The molecule has 7 aromatic carbocycles. The summed E-state index contributed by atoms with van der Waals surface area (Å²) in [6.45, 7) is 0. The Labute approximate surface area is 255 Å². The Kier molecular flexibility index (Phi) is 5.54. The van der Waals surface area contributed by atoms with Gasteiger partial charge in [0.05, 0.1) is 11.0 Å². The second-order valence-electron chi connectivity index (χ2n) is 11.3. The molecule has 2 aromatic heterocycles. The van der Waals surface area contributed by atoms with Crippen LogP contribution in [0.25, 0.3) is 82.8 Å². The number of rotatable bonds is 4. The first-order chi connectivity index (χ1) is 21.8. The molecule has 9 aromatic rings. The van der Waals surface area contributed by atoms with Gasteiger partial charge in [-0.2, -0.15) is 0 Å². The smallest absolute Gasteiger partial charge is 0.136 e. The fraction of sp³-hybridized carbons (Fsp3) is 0. The summed E-state index contributed by atoms with van der Waals surface area (Å²) in [6.07, 6.45) is 0. The van der Waals surface area contributed by atoms with Crippen LogP contribution in [0, 0.1) is 0 Å². The highest BCUT2D eigenvalue weighted by Crippen LogP contribution is 2.37. The van der Waals surface area contributed by atoms with Crippen molar-refractivity contribution in [3.05, 3.63) is 164 Å². The second kappa shape index (κ2) is 9.86. The molecule has 0 N–H and O–H groups in total. The van der Waals surface area contributed by atoms with Gasteiger partial charge in [0.25, 0.3) is 0 Å². The zero-order chi connectivity index (χ0) is 29.0. The highest BCUT2D eigenvalue weighted by Gasteiger charge is 2.13. The van der Waals surface area contributed by atoms with Gasteiger partial charge in [0, 0.05) is 27.2 Å². The Bertz CT molecular complexity index is 2410. The average Bonchev–Trinajstić information content (AvgIpc) is 3.65. The third-order valence-electron chi connectivity index (χ3n) is 8.86. The Morgan fingerprint density at radius 1 is 0.341 bits per heavy atom. The van der Waals surface area contributed by atoms with E-state index >= 15 is 0 Å². The van der Waals surface area contributed by atoms with E-state index in [9.17, 15) is 0 Å². The van der Waals surface area contributed by atoms with Gasteiger partial charge in [0.15, 0.2) is 0 Å². The van der Waals surface area contributed by atoms with Crippen molar-refractivity contribution in [3.63, 3.8) is 0 Å². The number of hydrogen-bond donors (Lipinski definition) is 0. The summed E-state index contributed by atoms with van der Waals surface area (Å²) in [5.74, 6) is 0. The van der Waals surface area contributed by atoms with E-state index in [2.05, 4.69) is 150 Å². The van der Waals surface area contributed by atoms with Crippen molar-refractivity contribution in [2.24, 2.45) is 0 Å². The molecule has 0 fully saturated rings.